The number of hydrogen-bond acceptors (Lipinski definition) is 5. The standard InChI is InChI=1S/C18H17N3O2S/c1-2-16-19-20-18(23-16)24-13-17(22)21(14-9-5-3-6-10-14)15-11-7-4-8-12-15/h3-12H,2,13H2,1H3. The second-order valence-corrected chi connectivity index (χ2v) is 5.93. The molecule has 6 heteroatoms. The largest absolute Gasteiger partial charge is 0.416 e. The van der Waals surface area contributed by atoms with Crippen molar-refractivity contribution in [2.24, 2.45) is 0 Å². The fraction of sp³-hybridized carbons (Fsp3) is 0.167. The molecular weight excluding hydrogens is 322 g/mol. The van der Waals surface area contributed by atoms with Crippen LogP contribution in [0, 0.1) is 0 Å². The highest BCUT2D eigenvalue weighted by molar-refractivity contribution is 7.99. The normalized spacial score (nSPS) is 10.5. The smallest absolute Gasteiger partial charge is 0.277 e. The van der Waals surface area contributed by atoms with Crippen LogP contribution >= 0.6 is 11.8 Å². The number of amides is 1. The number of carbonyl (C=O) groups excluding carboxylic acids is 1. The molecule has 24 heavy (non-hydrogen) atoms. The van der Waals surface area contributed by atoms with Gasteiger partial charge in [0.2, 0.25) is 11.8 Å². The van der Waals surface area contributed by atoms with Gasteiger partial charge < -0.3 is 4.42 Å². The summed E-state index contributed by atoms with van der Waals surface area (Å²) in [5.74, 6) is 0.747. The molecule has 0 atom stereocenters. The van der Waals surface area contributed by atoms with E-state index in [0.717, 1.165) is 11.4 Å². The van der Waals surface area contributed by atoms with E-state index >= 15 is 0 Å². The molecule has 3 rings (SSSR count). The molecule has 0 bridgehead atoms. The van der Waals surface area contributed by atoms with E-state index in [-0.39, 0.29) is 11.7 Å². The van der Waals surface area contributed by atoms with Crippen LogP contribution in [0.5, 0.6) is 0 Å². The highest BCUT2D eigenvalue weighted by atomic mass is 32.2. The Bertz CT molecular complexity index is 751. The van der Waals surface area contributed by atoms with Gasteiger partial charge in [0.25, 0.3) is 5.22 Å². The lowest BCUT2D eigenvalue weighted by Gasteiger charge is -2.22. The Morgan fingerprint density at radius 2 is 1.58 bits per heavy atom. The van der Waals surface area contributed by atoms with Gasteiger partial charge in [-0.15, -0.1) is 10.2 Å². The van der Waals surface area contributed by atoms with Crippen molar-refractivity contribution in [3.63, 3.8) is 0 Å². The Hall–Kier alpha value is -2.60. The van der Waals surface area contributed by atoms with E-state index in [9.17, 15) is 4.79 Å². The Balaban J connectivity index is 1.79. The maximum absolute atomic E-state index is 12.8. The molecule has 0 unspecified atom stereocenters. The maximum Gasteiger partial charge on any atom is 0.277 e. The van der Waals surface area contributed by atoms with Crippen LogP contribution in [0.25, 0.3) is 0 Å². The zero-order valence-corrected chi connectivity index (χ0v) is 14.1. The molecule has 1 heterocycles. The predicted molar refractivity (Wildman–Crippen MR) is 94.4 cm³/mol. The number of carbonyl (C=O) groups is 1. The average Bonchev–Trinajstić information content (AvgIpc) is 3.10. The molecular formula is C18H17N3O2S. The lowest BCUT2D eigenvalue weighted by atomic mass is 10.2. The number of aromatic nitrogens is 2. The molecule has 0 aliphatic rings. The second-order valence-electron chi connectivity index (χ2n) is 5.00. The van der Waals surface area contributed by atoms with Crippen LogP contribution in [0.3, 0.4) is 0 Å². The SMILES string of the molecule is CCc1nnc(SCC(=O)N(c2ccccc2)c2ccccc2)o1. The van der Waals surface area contributed by atoms with Crippen molar-refractivity contribution in [1.29, 1.82) is 0 Å². The zero-order valence-electron chi connectivity index (χ0n) is 13.3. The van der Waals surface area contributed by atoms with Gasteiger partial charge in [-0.1, -0.05) is 55.1 Å². The van der Waals surface area contributed by atoms with E-state index in [0.29, 0.717) is 17.5 Å². The molecule has 2 aromatic carbocycles. The van der Waals surface area contributed by atoms with Gasteiger partial charge in [0, 0.05) is 17.8 Å². The van der Waals surface area contributed by atoms with E-state index in [4.69, 9.17) is 4.42 Å². The minimum absolute atomic E-state index is 0.0475. The van der Waals surface area contributed by atoms with Gasteiger partial charge in [0.15, 0.2) is 0 Å². The highest BCUT2D eigenvalue weighted by Crippen LogP contribution is 2.27. The lowest BCUT2D eigenvalue weighted by molar-refractivity contribution is -0.115. The first kappa shape index (κ1) is 16.3. The number of para-hydroxylation sites is 2. The monoisotopic (exact) mass is 339 g/mol. The Kier molecular flexibility index (Phi) is 5.28. The van der Waals surface area contributed by atoms with Crippen molar-refractivity contribution in [1.82, 2.24) is 10.2 Å². The summed E-state index contributed by atoms with van der Waals surface area (Å²) in [5, 5.41) is 8.27. The number of anilines is 2. The van der Waals surface area contributed by atoms with E-state index < -0.39 is 0 Å². The third-order valence-corrected chi connectivity index (χ3v) is 4.15. The number of nitrogens with zero attached hydrogens (tertiary/aromatic N) is 3. The van der Waals surface area contributed by atoms with Crippen molar-refractivity contribution in [2.45, 2.75) is 18.6 Å². The van der Waals surface area contributed by atoms with Crippen molar-refractivity contribution < 1.29 is 9.21 Å². The third-order valence-electron chi connectivity index (χ3n) is 3.35. The number of aryl methyl sites for hydroxylation is 1. The molecule has 0 fully saturated rings. The molecule has 0 saturated heterocycles. The van der Waals surface area contributed by atoms with Crippen LogP contribution < -0.4 is 4.90 Å². The first-order chi connectivity index (χ1) is 11.8. The topological polar surface area (TPSA) is 59.2 Å². The minimum Gasteiger partial charge on any atom is -0.416 e. The molecule has 0 radical (unpaired) electrons. The van der Waals surface area contributed by atoms with Crippen LogP contribution in [0.2, 0.25) is 0 Å². The molecule has 0 saturated carbocycles. The summed E-state index contributed by atoms with van der Waals surface area (Å²) in [6.45, 7) is 1.94. The van der Waals surface area contributed by atoms with Crippen LogP contribution in [-0.2, 0) is 11.2 Å². The maximum atomic E-state index is 12.8. The molecule has 0 aliphatic heterocycles. The predicted octanol–water partition coefficient (Wildman–Crippen LogP) is 4.09. The molecule has 5 nitrogen and oxygen atoms in total. The summed E-state index contributed by atoms with van der Waals surface area (Å²) in [4.78, 5) is 14.5. The summed E-state index contributed by atoms with van der Waals surface area (Å²) >= 11 is 1.25. The third kappa shape index (κ3) is 3.83. The Labute approximate surface area is 144 Å². The van der Waals surface area contributed by atoms with Gasteiger partial charge in [-0.3, -0.25) is 9.69 Å². The molecule has 0 spiro atoms. The highest BCUT2D eigenvalue weighted by Gasteiger charge is 2.19. The van der Waals surface area contributed by atoms with E-state index in [1.165, 1.54) is 11.8 Å². The first-order valence-electron chi connectivity index (χ1n) is 7.66. The molecule has 0 N–H and O–H groups in total. The van der Waals surface area contributed by atoms with E-state index in [1.807, 2.05) is 67.6 Å². The summed E-state index contributed by atoms with van der Waals surface area (Å²) < 4.78 is 5.44. The molecule has 122 valence electrons. The van der Waals surface area contributed by atoms with Crippen molar-refractivity contribution in [2.75, 3.05) is 10.7 Å². The van der Waals surface area contributed by atoms with Crippen LogP contribution in [-0.4, -0.2) is 21.9 Å². The number of rotatable bonds is 6. The van der Waals surface area contributed by atoms with Crippen molar-refractivity contribution in [3.05, 3.63) is 66.6 Å². The van der Waals surface area contributed by atoms with Crippen molar-refractivity contribution in [3.8, 4) is 0 Å². The molecule has 3 aromatic rings. The van der Waals surface area contributed by atoms with Gasteiger partial charge in [-0.25, -0.2) is 0 Å². The van der Waals surface area contributed by atoms with Crippen LogP contribution in [0.4, 0.5) is 11.4 Å². The molecule has 1 aromatic heterocycles. The number of hydrogen-bond donors (Lipinski definition) is 0. The number of thioether (sulfide) groups is 1. The van der Waals surface area contributed by atoms with Gasteiger partial charge in [0.1, 0.15) is 0 Å². The zero-order chi connectivity index (χ0) is 16.8. The summed E-state index contributed by atoms with van der Waals surface area (Å²) in [6, 6.07) is 19.2. The van der Waals surface area contributed by atoms with Crippen LogP contribution in [0.1, 0.15) is 12.8 Å². The second kappa shape index (κ2) is 7.79. The fourth-order valence-electron chi connectivity index (χ4n) is 2.22. The van der Waals surface area contributed by atoms with Gasteiger partial charge in [-0.05, 0) is 24.3 Å². The van der Waals surface area contributed by atoms with Gasteiger partial charge in [-0.2, -0.15) is 0 Å². The lowest BCUT2D eigenvalue weighted by Crippen LogP contribution is -2.27. The summed E-state index contributed by atoms with van der Waals surface area (Å²) in [7, 11) is 0. The number of benzene rings is 2. The van der Waals surface area contributed by atoms with E-state index in [1.54, 1.807) is 4.90 Å². The Morgan fingerprint density at radius 1 is 1.00 bits per heavy atom. The summed E-state index contributed by atoms with van der Waals surface area (Å²) in [6.07, 6.45) is 0.682. The van der Waals surface area contributed by atoms with Crippen LogP contribution in [0.15, 0.2) is 70.3 Å². The molecule has 0 aliphatic carbocycles. The van der Waals surface area contributed by atoms with Gasteiger partial charge >= 0.3 is 0 Å². The van der Waals surface area contributed by atoms with Gasteiger partial charge in [0.05, 0.1) is 5.75 Å². The summed E-state index contributed by atoms with van der Waals surface area (Å²) in [5.41, 5.74) is 1.66. The van der Waals surface area contributed by atoms with E-state index in [2.05, 4.69) is 10.2 Å². The minimum atomic E-state index is -0.0475. The quantitative estimate of drug-likeness (QED) is 0.633. The molecule has 1 amide bonds. The average molecular weight is 339 g/mol. The fourth-order valence-corrected chi connectivity index (χ4v) is 2.85. The first-order valence-corrected chi connectivity index (χ1v) is 8.64. The van der Waals surface area contributed by atoms with Crippen molar-refractivity contribution >= 4 is 29.0 Å². The Morgan fingerprint density at radius 3 is 2.08 bits per heavy atom.